The second-order valence-corrected chi connectivity index (χ2v) is 6.06. The van der Waals surface area contributed by atoms with Crippen molar-refractivity contribution in [3.8, 4) is 0 Å². The summed E-state index contributed by atoms with van der Waals surface area (Å²) in [7, 11) is 4.33. The summed E-state index contributed by atoms with van der Waals surface area (Å²) in [5.41, 5.74) is 1.30. The maximum absolute atomic E-state index is 6.07. The molecule has 0 unspecified atom stereocenters. The molecule has 1 aromatic rings. The third-order valence-electron chi connectivity index (χ3n) is 3.73. The van der Waals surface area contributed by atoms with Crippen molar-refractivity contribution in [3.05, 3.63) is 33.8 Å². The molecule has 1 aromatic carbocycles. The van der Waals surface area contributed by atoms with Crippen LogP contribution in [0.25, 0.3) is 0 Å². The van der Waals surface area contributed by atoms with Crippen molar-refractivity contribution < 1.29 is 0 Å². The number of benzene rings is 1. The lowest BCUT2D eigenvalue weighted by molar-refractivity contribution is 0.213. The van der Waals surface area contributed by atoms with E-state index in [9.17, 15) is 0 Å². The molecule has 94 valence electrons. The van der Waals surface area contributed by atoms with Gasteiger partial charge in [-0.2, -0.15) is 0 Å². The van der Waals surface area contributed by atoms with Gasteiger partial charge in [-0.15, -0.1) is 0 Å². The standard InChI is InChI=1S/C14H19Cl2N/c1-17(2)14-5-3-4-10(8-14)11-6-12(15)9-13(16)7-11/h6-7,9-10,14H,3-5,8H2,1-2H3/t10-,14+/m0/s1. The molecule has 0 bridgehead atoms. The van der Waals surface area contributed by atoms with Gasteiger partial charge in [-0.3, -0.25) is 0 Å². The van der Waals surface area contributed by atoms with Crippen molar-refractivity contribution in [1.82, 2.24) is 4.90 Å². The Morgan fingerprint density at radius 1 is 1.06 bits per heavy atom. The fraction of sp³-hybridized carbons (Fsp3) is 0.571. The third kappa shape index (κ3) is 3.37. The molecule has 2 rings (SSSR count). The first-order valence-electron chi connectivity index (χ1n) is 6.18. The van der Waals surface area contributed by atoms with E-state index >= 15 is 0 Å². The van der Waals surface area contributed by atoms with Crippen molar-refractivity contribution in [3.63, 3.8) is 0 Å². The third-order valence-corrected chi connectivity index (χ3v) is 4.17. The Labute approximate surface area is 114 Å². The van der Waals surface area contributed by atoms with Crippen LogP contribution in [0.1, 0.15) is 37.2 Å². The molecule has 0 spiro atoms. The van der Waals surface area contributed by atoms with E-state index in [0.29, 0.717) is 12.0 Å². The van der Waals surface area contributed by atoms with Gasteiger partial charge in [-0.05, 0) is 63.0 Å². The zero-order valence-electron chi connectivity index (χ0n) is 10.4. The highest BCUT2D eigenvalue weighted by molar-refractivity contribution is 6.34. The van der Waals surface area contributed by atoms with Crippen LogP contribution in [0.5, 0.6) is 0 Å². The van der Waals surface area contributed by atoms with Gasteiger partial charge in [-0.1, -0.05) is 29.6 Å². The summed E-state index contributed by atoms with van der Waals surface area (Å²) in [6, 6.07) is 6.62. The van der Waals surface area contributed by atoms with Crippen molar-refractivity contribution >= 4 is 23.2 Å². The van der Waals surface area contributed by atoms with Crippen molar-refractivity contribution in [2.24, 2.45) is 0 Å². The molecule has 0 aliphatic heterocycles. The van der Waals surface area contributed by atoms with Gasteiger partial charge < -0.3 is 4.90 Å². The van der Waals surface area contributed by atoms with E-state index in [4.69, 9.17) is 23.2 Å². The molecule has 0 heterocycles. The number of halogens is 2. The quantitative estimate of drug-likeness (QED) is 0.761. The lowest BCUT2D eigenvalue weighted by Gasteiger charge is -2.33. The Balaban J connectivity index is 2.16. The van der Waals surface area contributed by atoms with Crippen LogP contribution in [0.2, 0.25) is 10.0 Å². The molecule has 1 aliphatic carbocycles. The SMILES string of the molecule is CN(C)[C@@H]1CCC[C@H](c2cc(Cl)cc(Cl)c2)C1. The molecule has 1 aliphatic rings. The van der Waals surface area contributed by atoms with E-state index in [1.807, 2.05) is 0 Å². The summed E-state index contributed by atoms with van der Waals surface area (Å²) < 4.78 is 0. The number of hydrogen-bond acceptors (Lipinski definition) is 1. The van der Waals surface area contributed by atoms with Crippen LogP contribution in [0.3, 0.4) is 0 Å². The molecule has 1 nitrogen and oxygen atoms in total. The maximum atomic E-state index is 6.07. The van der Waals surface area contributed by atoms with Gasteiger partial charge in [0.15, 0.2) is 0 Å². The molecule has 0 amide bonds. The smallest absolute Gasteiger partial charge is 0.0423 e. The minimum atomic E-state index is 0.604. The average molecular weight is 272 g/mol. The Kier molecular flexibility index (Phi) is 4.35. The van der Waals surface area contributed by atoms with E-state index in [2.05, 4.69) is 31.1 Å². The molecular formula is C14H19Cl2N. The van der Waals surface area contributed by atoms with Crippen LogP contribution < -0.4 is 0 Å². The first-order chi connectivity index (χ1) is 8.06. The average Bonchev–Trinajstić information content (AvgIpc) is 2.28. The molecule has 17 heavy (non-hydrogen) atoms. The fourth-order valence-electron chi connectivity index (χ4n) is 2.75. The Bertz CT molecular complexity index is 370. The van der Waals surface area contributed by atoms with Crippen molar-refractivity contribution in [2.45, 2.75) is 37.6 Å². The molecule has 2 atom stereocenters. The van der Waals surface area contributed by atoms with Crippen LogP contribution in [0.15, 0.2) is 18.2 Å². The molecule has 0 radical (unpaired) electrons. The molecule has 3 heteroatoms. The van der Waals surface area contributed by atoms with Gasteiger partial charge in [0.1, 0.15) is 0 Å². The minimum absolute atomic E-state index is 0.604. The summed E-state index contributed by atoms with van der Waals surface area (Å²) in [6.45, 7) is 0. The summed E-state index contributed by atoms with van der Waals surface area (Å²) >= 11 is 12.1. The van der Waals surface area contributed by atoms with Crippen LogP contribution in [-0.4, -0.2) is 25.0 Å². The maximum Gasteiger partial charge on any atom is 0.0423 e. The van der Waals surface area contributed by atoms with Crippen LogP contribution >= 0.6 is 23.2 Å². The lowest BCUT2D eigenvalue weighted by Crippen LogP contribution is -2.32. The Morgan fingerprint density at radius 2 is 1.71 bits per heavy atom. The Morgan fingerprint density at radius 3 is 2.29 bits per heavy atom. The summed E-state index contributed by atoms with van der Waals surface area (Å²) in [6.07, 6.45) is 5.06. The van der Waals surface area contributed by atoms with E-state index in [0.717, 1.165) is 10.0 Å². The highest BCUT2D eigenvalue weighted by atomic mass is 35.5. The Hall–Kier alpha value is -0.240. The van der Waals surface area contributed by atoms with E-state index in [-0.39, 0.29) is 0 Å². The first kappa shape index (κ1) is 13.2. The molecule has 0 N–H and O–H groups in total. The van der Waals surface area contributed by atoms with Gasteiger partial charge in [-0.25, -0.2) is 0 Å². The zero-order chi connectivity index (χ0) is 12.4. The summed E-state index contributed by atoms with van der Waals surface area (Å²) in [5, 5.41) is 1.50. The van der Waals surface area contributed by atoms with E-state index in [1.165, 1.54) is 31.2 Å². The van der Waals surface area contributed by atoms with Gasteiger partial charge in [0.25, 0.3) is 0 Å². The van der Waals surface area contributed by atoms with Crippen molar-refractivity contribution in [1.29, 1.82) is 0 Å². The van der Waals surface area contributed by atoms with Crippen LogP contribution in [-0.2, 0) is 0 Å². The predicted molar refractivity (Wildman–Crippen MR) is 75.1 cm³/mol. The number of rotatable bonds is 2. The van der Waals surface area contributed by atoms with Crippen LogP contribution in [0, 0.1) is 0 Å². The second-order valence-electron chi connectivity index (χ2n) is 5.18. The zero-order valence-corrected chi connectivity index (χ0v) is 11.9. The highest BCUT2D eigenvalue weighted by Crippen LogP contribution is 2.36. The van der Waals surface area contributed by atoms with Crippen molar-refractivity contribution in [2.75, 3.05) is 14.1 Å². The monoisotopic (exact) mass is 271 g/mol. The molecule has 1 fully saturated rings. The van der Waals surface area contributed by atoms with E-state index < -0.39 is 0 Å². The molecule has 1 saturated carbocycles. The predicted octanol–water partition coefficient (Wildman–Crippen LogP) is 4.58. The van der Waals surface area contributed by atoms with Gasteiger partial charge in [0, 0.05) is 16.1 Å². The van der Waals surface area contributed by atoms with E-state index in [1.54, 1.807) is 6.07 Å². The number of hydrogen-bond donors (Lipinski definition) is 0. The largest absolute Gasteiger partial charge is 0.306 e. The normalized spacial score (nSPS) is 25.2. The summed E-state index contributed by atoms with van der Waals surface area (Å²) in [4.78, 5) is 2.33. The fourth-order valence-corrected chi connectivity index (χ4v) is 3.29. The molecule has 0 saturated heterocycles. The minimum Gasteiger partial charge on any atom is -0.306 e. The van der Waals surface area contributed by atoms with Crippen LogP contribution in [0.4, 0.5) is 0 Å². The second kappa shape index (κ2) is 5.60. The van der Waals surface area contributed by atoms with Gasteiger partial charge in [0.05, 0.1) is 0 Å². The number of nitrogens with zero attached hydrogens (tertiary/aromatic N) is 1. The summed E-state index contributed by atoms with van der Waals surface area (Å²) in [5.74, 6) is 0.604. The highest BCUT2D eigenvalue weighted by Gasteiger charge is 2.24. The lowest BCUT2D eigenvalue weighted by atomic mass is 9.81. The van der Waals surface area contributed by atoms with Gasteiger partial charge in [0.2, 0.25) is 0 Å². The first-order valence-corrected chi connectivity index (χ1v) is 6.94. The van der Waals surface area contributed by atoms with Gasteiger partial charge >= 0.3 is 0 Å². The topological polar surface area (TPSA) is 3.24 Å². The molecular weight excluding hydrogens is 253 g/mol. The molecule has 0 aromatic heterocycles.